The van der Waals surface area contributed by atoms with Gasteiger partial charge in [0.2, 0.25) is 5.91 Å². The van der Waals surface area contributed by atoms with Gasteiger partial charge in [0, 0.05) is 55.4 Å². The standard InChI is InChI=1S/C39H51N3O5S/c1-26-20-30(15-17-35(26)46-2)33-16-12-27(23-40-38(45)28-8-4-3-5-9-28)21-34(33)42(37(44)25-47-19-7-18-43)32-11-6-10-31(22-32)36-24-41-39(48-36)29-13-14-29/h6,10-11,15,17,20,22,24,27-29,33-34,43H,3-5,7-9,12-14,16,18-19,21,23,25H2,1-2H3,(H,40,45). The van der Waals surface area contributed by atoms with E-state index in [2.05, 4.69) is 36.5 Å². The highest BCUT2D eigenvalue weighted by Gasteiger charge is 2.39. The van der Waals surface area contributed by atoms with Crippen molar-refractivity contribution in [2.75, 3.05) is 38.4 Å². The molecule has 3 unspecified atom stereocenters. The summed E-state index contributed by atoms with van der Waals surface area (Å²) in [6.07, 6.45) is 12.9. The third-order valence-electron chi connectivity index (χ3n) is 10.4. The lowest BCUT2D eigenvalue weighted by molar-refractivity contribution is -0.126. The molecular formula is C39H51N3O5S. The predicted molar refractivity (Wildman–Crippen MR) is 191 cm³/mol. The maximum atomic E-state index is 14.3. The molecule has 0 aliphatic heterocycles. The molecule has 1 aromatic heterocycles. The smallest absolute Gasteiger partial charge is 0.253 e. The molecular weight excluding hydrogens is 623 g/mol. The van der Waals surface area contributed by atoms with Crippen molar-refractivity contribution in [3.8, 4) is 16.2 Å². The molecule has 3 atom stereocenters. The minimum Gasteiger partial charge on any atom is -0.496 e. The molecule has 0 saturated heterocycles. The molecule has 8 nitrogen and oxygen atoms in total. The molecule has 9 heteroatoms. The number of thiazole rings is 1. The van der Waals surface area contributed by atoms with E-state index < -0.39 is 0 Å². The molecule has 0 spiro atoms. The van der Waals surface area contributed by atoms with Crippen LogP contribution in [-0.4, -0.2) is 61.4 Å². The average molecular weight is 674 g/mol. The van der Waals surface area contributed by atoms with Crippen LogP contribution in [0.4, 0.5) is 5.69 Å². The van der Waals surface area contributed by atoms with E-state index in [-0.39, 0.29) is 48.8 Å². The summed E-state index contributed by atoms with van der Waals surface area (Å²) in [6.45, 7) is 2.97. The Morgan fingerprint density at radius 2 is 1.88 bits per heavy atom. The van der Waals surface area contributed by atoms with E-state index in [9.17, 15) is 14.7 Å². The lowest BCUT2D eigenvalue weighted by atomic mass is 9.73. The Hall–Kier alpha value is -3.27. The lowest BCUT2D eigenvalue weighted by Crippen LogP contribution is -2.50. The predicted octanol–water partition coefficient (Wildman–Crippen LogP) is 7.39. The number of aliphatic hydroxyl groups is 1. The normalized spacial score (nSPS) is 21.5. The second kappa shape index (κ2) is 16.4. The van der Waals surface area contributed by atoms with Gasteiger partial charge in [-0.15, -0.1) is 11.3 Å². The van der Waals surface area contributed by atoms with Gasteiger partial charge >= 0.3 is 0 Å². The van der Waals surface area contributed by atoms with Crippen LogP contribution in [0.5, 0.6) is 5.75 Å². The first-order valence-corrected chi connectivity index (χ1v) is 18.8. The van der Waals surface area contributed by atoms with Gasteiger partial charge in [0.25, 0.3) is 5.91 Å². The Bertz CT molecular complexity index is 1530. The van der Waals surface area contributed by atoms with Crippen molar-refractivity contribution in [1.29, 1.82) is 0 Å². The topological polar surface area (TPSA) is 101 Å². The first-order valence-electron chi connectivity index (χ1n) is 17.9. The zero-order valence-corrected chi connectivity index (χ0v) is 29.3. The SMILES string of the molecule is COc1ccc(C2CCC(CNC(=O)C3CCCCC3)CC2N(C(=O)COCCCO)c2cccc(-c3cnc(C4CC4)s3)c2)cc1C. The summed E-state index contributed by atoms with van der Waals surface area (Å²) in [6, 6.07) is 14.5. The van der Waals surface area contributed by atoms with E-state index in [1.807, 2.05) is 29.3 Å². The molecule has 3 saturated carbocycles. The number of hydrogen-bond donors (Lipinski definition) is 2. The van der Waals surface area contributed by atoms with E-state index in [1.165, 1.54) is 29.8 Å². The first kappa shape index (κ1) is 34.6. The number of nitrogens with one attached hydrogen (secondary N) is 1. The Morgan fingerprint density at radius 3 is 2.62 bits per heavy atom. The number of aliphatic hydroxyl groups excluding tert-OH is 1. The number of rotatable bonds is 14. The van der Waals surface area contributed by atoms with Gasteiger partial charge in [-0.2, -0.15) is 0 Å². The maximum Gasteiger partial charge on any atom is 0.253 e. The molecule has 2 N–H and O–H groups in total. The van der Waals surface area contributed by atoms with Crippen LogP contribution in [0.3, 0.4) is 0 Å². The number of carbonyl (C=O) groups is 2. The third-order valence-corrected chi connectivity index (χ3v) is 11.7. The van der Waals surface area contributed by atoms with Gasteiger partial charge in [-0.3, -0.25) is 9.59 Å². The van der Waals surface area contributed by atoms with Crippen LogP contribution in [0.1, 0.15) is 98.6 Å². The van der Waals surface area contributed by atoms with Crippen LogP contribution in [-0.2, 0) is 14.3 Å². The number of carbonyl (C=O) groups excluding carboxylic acids is 2. The van der Waals surface area contributed by atoms with Gasteiger partial charge in [-0.05, 0) is 99.1 Å². The van der Waals surface area contributed by atoms with Crippen LogP contribution in [0.25, 0.3) is 10.4 Å². The highest BCUT2D eigenvalue weighted by Crippen LogP contribution is 2.45. The number of anilines is 1. The Balaban J connectivity index is 1.31. The molecule has 0 bridgehead atoms. The fraction of sp³-hybridized carbons (Fsp3) is 0.564. The van der Waals surface area contributed by atoms with Gasteiger partial charge in [0.15, 0.2) is 0 Å². The molecule has 0 radical (unpaired) electrons. The summed E-state index contributed by atoms with van der Waals surface area (Å²) in [5.74, 6) is 1.99. The molecule has 3 fully saturated rings. The molecule has 3 aliphatic rings. The summed E-state index contributed by atoms with van der Waals surface area (Å²) >= 11 is 1.75. The van der Waals surface area contributed by atoms with Gasteiger partial charge in [-0.25, -0.2) is 4.98 Å². The molecule has 48 heavy (non-hydrogen) atoms. The second-order valence-electron chi connectivity index (χ2n) is 13.9. The van der Waals surface area contributed by atoms with Gasteiger partial charge < -0.3 is 24.8 Å². The molecule has 2 aromatic carbocycles. The molecule has 2 amide bonds. The highest BCUT2D eigenvalue weighted by molar-refractivity contribution is 7.15. The quantitative estimate of drug-likeness (QED) is 0.173. The monoisotopic (exact) mass is 673 g/mol. The van der Waals surface area contributed by atoms with Crippen molar-refractivity contribution in [2.45, 2.75) is 95.4 Å². The summed E-state index contributed by atoms with van der Waals surface area (Å²) in [5.41, 5.74) is 4.16. The zero-order chi connectivity index (χ0) is 33.5. The summed E-state index contributed by atoms with van der Waals surface area (Å²) in [4.78, 5) is 35.3. The molecule has 3 aromatic rings. The highest BCUT2D eigenvalue weighted by atomic mass is 32.1. The first-order chi connectivity index (χ1) is 23.4. The Kier molecular flexibility index (Phi) is 11.8. The number of benzene rings is 2. The number of amides is 2. The van der Waals surface area contributed by atoms with E-state index in [1.54, 1.807) is 18.4 Å². The van der Waals surface area contributed by atoms with Gasteiger partial charge in [-0.1, -0.05) is 43.5 Å². The minimum atomic E-state index is -0.143. The van der Waals surface area contributed by atoms with Crippen molar-refractivity contribution in [3.63, 3.8) is 0 Å². The number of hydrogen-bond acceptors (Lipinski definition) is 7. The van der Waals surface area contributed by atoms with E-state index in [4.69, 9.17) is 14.5 Å². The van der Waals surface area contributed by atoms with Crippen LogP contribution in [0, 0.1) is 18.8 Å². The van der Waals surface area contributed by atoms with Gasteiger partial charge in [0.1, 0.15) is 12.4 Å². The van der Waals surface area contributed by atoms with Gasteiger partial charge in [0.05, 0.1) is 17.0 Å². The number of methoxy groups -OCH3 is 1. The Labute approximate surface area is 289 Å². The molecule has 3 aliphatic carbocycles. The number of nitrogens with zero attached hydrogens (tertiary/aromatic N) is 2. The van der Waals surface area contributed by atoms with Crippen LogP contribution in [0.15, 0.2) is 48.7 Å². The Morgan fingerprint density at radius 1 is 1.04 bits per heavy atom. The van der Waals surface area contributed by atoms with E-state index in [0.29, 0.717) is 25.5 Å². The fourth-order valence-electron chi connectivity index (χ4n) is 7.64. The zero-order valence-electron chi connectivity index (χ0n) is 28.5. The number of ether oxygens (including phenoxy) is 2. The fourth-order valence-corrected chi connectivity index (χ4v) is 8.73. The van der Waals surface area contributed by atoms with Crippen molar-refractivity contribution in [2.24, 2.45) is 11.8 Å². The lowest BCUT2D eigenvalue weighted by Gasteiger charge is -2.43. The minimum absolute atomic E-state index is 0.0213. The van der Waals surface area contributed by atoms with E-state index in [0.717, 1.165) is 72.4 Å². The summed E-state index contributed by atoms with van der Waals surface area (Å²) in [5, 5.41) is 13.8. The summed E-state index contributed by atoms with van der Waals surface area (Å²) in [7, 11) is 1.69. The summed E-state index contributed by atoms with van der Waals surface area (Å²) < 4.78 is 11.4. The molecule has 258 valence electrons. The average Bonchev–Trinajstić information content (AvgIpc) is 3.85. The van der Waals surface area contributed by atoms with Crippen molar-refractivity contribution >= 4 is 28.8 Å². The third kappa shape index (κ3) is 8.47. The maximum absolute atomic E-state index is 14.3. The van der Waals surface area contributed by atoms with Crippen LogP contribution in [0.2, 0.25) is 0 Å². The van der Waals surface area contributed by atoms with Crippen LogP contribution >= 0.6 is 11.3 Å². The number of aryl methyl sites for hydroxylation is 1. The second-order valence-corrected chi connectivity index (χ2v) is 15.0. The van der Waals surface area contributed by atoms with Crippen molar-refractivity contribution < 1.29 is 24.2 Å². The molecule has 1 heterocycles. The van der Waals surface area contributed by atoms with Crippen LogP contribution < -0.4 is 15.0 Å². The largest absolute Gasteiger partial charge is 0.496 e. The van der Waals surface area contributed by atoms with E-state index >= 15 is 0 Å². The van der Waals surface area contributed by atoms with Crippen molar-refractivity contribution in [3.05, 3.63) is 64.8 Å². The number of aromatic nitrogens is 1. The molecule has 6 rings (SSSR count). The van der Waals surface area contributed by atoms with Crippen molar-refractivity contribution in [1.82, 2.24) is 10.3 Å².